The number of aromatic nitrogens is 2. The van der Waals surface area contributed by atoms with Crippen LogP contribution in [0, 0.1) is 10.1 Å². The van der Waals surface area contributed by atoms with Crippen LogP contribution >= 0.6 is 0 Å². The molecular formula is C17H19N5O6. The third-order valence-corrected chi connectivity index (χ3v) is 4.02. The van der Waals surface area contributed by atoms with Crippen molar-refractivity contribution >= 4 is 33.8 Å². The first-order chi connectivity index (χ1) is 13.6. The Labute approximate surface area is 159 Å². The molecule has 0 radical (unpaired) electrons. The van der Waals surface area contributed by atoms with Crippen LogP contribution in [0.25, 0.3) is 11.0 Å². The normalized spacial score (nSPS) is 10.7. The number of ether oxygens (including phenoxy) is 2. The van der Waals surface area contributed by atoms with Crippen molar-refractivity contribution in [1.82, 2.24) is 10.3 Å². The molecule has 0 saturated carbocycles. The molecule has 148 valence electrons. The number of fused-ring (bicyclic) bond motifs is 1. The fourth-order valence-corrected chi connectivity index (χ4v) is 2.70. The van der Waals surface area contributed by atoms with Gasteiger partial charge in [0.2, 0.25) is 5.52 Å². The van der Waals surface area contributed by atoms with Crippen molar-refractivity contribution in [2.45, 2.75) is 6.42 Å². The van der Waals surface area contributed by atoms with E-state index in [1.165, 1.54) is 7.11 Å². The first-order valence-corrected chi connectivity index (χ1v) is 8.36. The molecule has 3 rings (SSSR count). The number of benzene rings is 2. The van der Waals surface area contributed by atoms with Gasteiger partial charge in [0.1, 0.15) is 17.2 Å². The zero-order chi connectivity index (χ0) is 20.1. The van der Waals surface area contributed by atoms with Crippen LogP contribution in [0.4, 0.5) is 22.7 Å². The van der Waals surface area contributed by atoms with Crippen LogP contribution < -0.4 is 20.1 Å². The van der Waals surface area contributed by atoms with Crippen molar-refractivity contribution in [1.29, 1.82) is 0 Å². The van der Waals surface area contributed by atoms with Gasteiger partial charge in [-0.2, -0.15) is 0 Å². The van der Waals surface area contributed by atoms with E-state index in [9.17, 15) is 10.1 Å². The summed E-state index contributed by atoms with van der Waals surface area (Å²) in [4.78, 5) is 11.0. The number of aliphatic hydroxyl groups is 1. The summed E-state index contributed by atoms with van der Waals surface area (Å²) >= 11 is 0. The van der Waals surface area contributed by atoms with Gasteiger partial charge in [0.15, 0.2) is 5.52 Å². The molecule has 1 heterocycles. The predicted molar refractivity (Wildman–Crippen MR) is 101 cm³/mol. The minimum atomic E-state index is -0.552. The van der Waals surface area contributed by atoms with Gasteiger partial charge in [0.05, 0.1) is 30.5 Å². The molecule has 0 atom stereocenters. The Hall–Kier alpha value is -3.60. The second-order valence-electron chi connectivity index (χ2n) is 5.73. The number of nitro groups is 1. The molecule has 0 unspecified atom stereocenters. The van der Waals surface area contributed by atoms with E-state index in [1.54, 1.807) is 31.4 Å². The second kappa shape index (κ2) is 8.39. The van der Waals surface area contributed by atoms with Crippen molar-refractivity contribution in [2.24, 2.45) is 0 Å². The summed E-state index contributed by atoms with van der Waals surface area (Å²) in [5, 5.41) is 34.1. The van der Waals surface area contributed by atoms with Gasteiger partial charge in [-0.25, -0.2) is 4.63 Å². The molecule has 11 heteroatoms. The van der Waals surface area contributed by atoms with Crippen LogP contribution in [-0.2, 0) is 0 Å². The van der Waals surface area contributed by atoms with Crippen molar-refractivity contribution in [3.8, 4) is 11.5 Å². The average Bonchev–Trinajstić information content (AvgIpc) is 3.17. The predicted octanol–water partition coefficient (Wildman–Crippen LogP) is 2.69. The lowest BCUT2D eigenvalue weighted by Crippen LogP contribution is -2.07. The molecule has 28 heavy (non-hydrogen) atoms. The molecular weight excluding hydrogens is 370 g/mol. The second-order valence-corrected chi connectivity index (χ2v) is 5.73. The first-order valence-electron chi connectivity index (χ1n) is 8.36. The third-order valence-electron chi connectivity index (χ3n) is 4.02. The van der Waals surface area contributed by atoms with Gasteiger partial charge in [-0.15, -0.1) is 0 Å². The lowest BCUT2D eigenvalue weighted by Gasteiger charge is -2.14. The number of nitrogens with one attached hydrogen (secondary N) is 2. The van der Waals surface area contributed by atoms with E-state index in [4.69, 9.17) is 19.2 Å². The number of anilines is 3. The molecule has 3 aromatic rings. The van der Waals surface area contributed by atoms with E-state index in [-0.39, 0.29) is 29.0 Å². The summed E-state index contributed by atoms with van der Waals surface area (Å²) in [6.45, 7) is 0.302. The number of nitrogens with zero attached hydrogens (tertiary/aromatic N) is 3. The summed E-state index contributed by atoms with van der Waals surface area (Å²) < 4.78 is 15.3. The van der Waals surface area contributed by atoms with Gasteiger partial charge < -0.3 is 25.2 Å². The highest BCUT2D eigenvalue weighted by Gasteiger charge is 2.26. The Morgan fingerprint density at radius 1 is 1.14 bits per heavy atom. The Bertz CT molecular complexity index is 990. The highest BCUT2D eigenvalue weighted by molar-refractivity contribution is 6.00. The maximum absolute atomic E-state index is 11.6. The molecule has 0 aliphatic carbocycles. The van der Waals surface area contributed by atoms with Crippen LogP contribution in [0.5, 0.6) is 11.5 Å². The van der Waals surface area contributed by atoms with Gasteiger partial charge >= 0.3 is 5.69 Å². The maximum Gasteiger partial charge on any atom is 0.323 e. The molecule has 0 bridgehead atoms. The highest BCUT2D eigenvalue weighted by atomic mass is 16.6. The molecule has 3 N–H and O–H groups in total. The van der Waals surface area contributed by atoms with Gasteiger partial charge in [0.25, 0.3) is 0 Å². The van der Waals surface area contributed by atoms with Gasteiger partial charge in [-0.3, -0.25) is 10.1 Å². The van der Waals surface area contributed by atoms with Crippen LogP contribution in [0.1, 0.15) is 6.42 Å². The largest absolute Gasteiger partial charge is 0.497 e. The standard InChI is InChI=1S/C17H19N5O6/c1-26-10-4-5-14(27-2)11(8-10)19-12-9-13(18-6-3-7-23)17(22(24)25)16-15(12)20-28-21-16/h4-5,8-9,18-19,23H,3,6-7H2,1-2H3. The molecule has 0 saturated heterocycles. The van der Waals surface area contributed by atoms with Crippen LogP contribution in [0.3, 0.4) is 0 Å². The summed E-state index contributed by atoms with van der Waals surface area (Å²) in [7, 11) is 3.07. The number of aliphatic hydroxyl groups excluding tert-OH is 1. The zero-order valence-electron chi connectivity index (χ0n) is 15.3. The van der Waals surface area contributed by atoms with E-state index in [2.05, 4.69) is 20.9 Å². The van der Waals surface area contributed by atoms with Gasteiger partial charge in [-0.1, -0.05) is 0 Å². The number of nitro benzene ring substituents is 1. The molecule has 2 aromatic carbocycles. The van der Waals surface area contributed by atoms with E-state index >= 15 is 0 Å². The van der Waals surface area contributed by atoms with Crippen LogP contribution in [-0.4, -0.2) is 47.7 Å². The zero-order valence-corrected chi connectivity index (χ0v) is 15.3. The maximum atomic E-state index is 11.6. The summed E-state index contributed by atoms with van der Waals surface area (Å²) in [6.07, 6.45) is 0.429. The molecule has 0 aliphatic heterocycles. The smallest absolute Gasteiger partial charge is 0.323 e. The molecule has 0 spiro atoms. The summed E-state index contributed by atoms with van der Waals surface area (Å²) in [5.74, 6) is 1.14. The van der Waals surface area contributed by atoms with Crippen LogP contribution in [0.2, 0.25) is 0 Å². The fraction of sp³-hybridized carbons (Fsp3) is 0.294. The Morgan fingerprint density at radius 3 is 2.61 bits per heavy atom. The van der Waals surface area contributed by atoms with Crippen molar-refractivity contribution in [3.63, 3.8) is 0 Å². The Balaban J connectivity index is 2.10. The monoisotopic (exact) mass is 389 g/mol. The number of hydrogen-bond acceptors (Lipinski definition) is 10. The van der Waals surface area contributed by atoms with E-state index in [0.29, 0.717) is 35.8 Å². The van der Waals surface area contributed by atoms with E-state index < -0.39 is 4.92 Å². The van der Waals surface area contributed by atoms with Crippen molar-refractivity contribution in [2.75, 3.05) is 38.0 Å². The third kappa shape index (κ3) is 3.74. The summed E-state index contributed by atoms with van der Waals surface area (Å²) in [5.41, 5.74) is 1.18. The van der Waals surface area contributed by atoms with Gasteiger partial charge in [-0.05, 0) is 34.9 Å². The molecule has 1 aromatic heterocycles. The highest BCUT2D eigenvalue weighted by Crippen LogP contribution is 2.39. The molecule has 0 amide bonds. The van der Waals surface area contributed by atoms with E-state index in [1.807, 2.05) is 0 Å². The quantitative estimate of drug-likeness (QED) is 0.284. The summed E-state index contributed by atoms with van der Waals surface area (Å²) in [6, 6.07) is 6.74. The van der Waals surface area contributed by atoms with E-state index in [0.717, 1.165) is 0 Å². The minimum absolute atomic E-state index is 0.00311. The van der Waals surface area contributed by atoms with Crippen molar-refractivity contribution in [3.05, 3.63) is 34.4 Å². The molecule has 0 aliphatic rings. The van der Waals surface area contributed by atoms with Crippen molar-refractivity contribution < 1.29 is 24.1 Å². The lowest BCUT2D eigenvalue weighted by molar-refractivity contribution is -0.382. The van der Waals surface area contributed by atoms with Gasteiger partial charge in [0, 0.05) is 19.2 Å². The topological polar surface area (TPSA) is 145 Å². The Morgan fingerprint density at radius 2 is 1.93 bits per heavy atom. The SMILES string of the molecule is COc1ccc(OC)c(Nc2cc(NCCCO)c([N+](=O)[O-])c3nonc23)c1. The van der Waals surface area contributed by atoms with Crippen LogP contribution in [0.15, 0.2) is 28.9 Å². The lowest BCUT2D eigenvalue weighted by atomic mass is 10.1. The molecule has 11 nitrogen and oxygen atoms in total. The fourth-order valence-electron chi connectivity index (χ4n) is 2.70. The number of rotatable bonds is 9. The Kier molecular flexibility index (Phi) is 5.75. The number of hydrogen-bond donors (Lipinski definition) is 3. The minimum Gasteiger partial charge on any atom is -0.497 e. The molecule has 0 fully saturated rings. The number of methoxy groups -OCH3 is 2. The first kappa shape index (κ1) is 19.2. The average molecular weight is 389 g/mol.